The third-order valence-electron chi connectivity index (χ3n) is 2.75. The van der Waals surface area contributed by atoms with Crippen LogP contribution in [0.25, 0.3) is 0 Å². The Morgan fingerprint density at radius 2 is 2.05 bits per heavy atom. The molecule has 0 fully saturated rings. The van der Waals surface area contributed by atoms with Crippen molar-refractivity contribution >= 4 is 31.8 Å². The van der Waals surface area contributed by atoms with E-state index in [0.717, 1.165) is 16.6 Å². The second-order valence-corrected chi connectivity index (χ2v) is 6.99. The van der Waals surface area contributed by atoms with Gasteiger partial charge in [0.1, 0.15) is 5.82 Å². The Kier molecular flexibility index (Phi) is 5.33. The summed E-state index contributed by atoms with van der Waals surface area (Å²) in [5.41, 5.74) is 0.920. The van der Waals surface area contributed by atoms with Gasteiger partial charge in [0.25, 0.3) is 10.0 Å². The molecule has 0 spiro atoms. The van der Waals surface area contributed by atoms with E-state index in [0.29, 0.717) is 6.54 Å². The Labute approximate surface area is 133 Å². The topological polar surface area (TPSA) is 71.1 Å². The molecule has 0 bridgehead atoms. The SMILES string of the molecule is CCNCc1cccc(S(=O)(=O)Nc2ccc(Br)cn2)c1. The second kappa shape index (κ2) is 7.02. The first kappa shape index (κ1) is 15.9. The molecule has 0 aliphatic carbocycles. The summed E-state index contributed by atoms with van der Waals surface area (Å²) in [6.07, 6.45) is 1.54. The standard InChI is InChI=1S/C14H16BrN3O2S/c1-2-16-9-11-4-3-5-13(8-11)21(19,20)18-14-7-6-12(15)10-17-14/h3-8,10,16H,2,9H2,1H3,(H,17,18). The third kappa shape index (κ3) is 4.52. The fraction of sp³-hybridized carbons (Fsp3) is 0.214. The maximum atomic E-state index is 12.3. The van der Waals surface area contributed by atoms with E-state index >= 15 is 0 Å². The van der Waals surface area contributed by atoms with Crippen LogP contribution in [-0.4, -0.2) is 19.9 Å². The van der Waals surface area contributed by atoms with Crippen LogP contribution in [0.4, 0.5) is 5.82 Å². The first-order chi connectivity index (χ1) is 10.0. The highest BCUT2D eigenvalue weighted by atomic mass is 79.9. The molecule has 1 heterocycles. The van der Waals surface area contributed by atoms with E-state index in [1.54, 1.807) is 36.5 Å². The van der Waals surface area contributed by atoms with Gasteiger partial charge in [-0.15, -0.1) is 0 Å². The molecule has 2 N–H and O–H groups in total. The zero-order valence-corrected chi connectivity index (χ0v) is 13.9. The van der Waals surface area contributed by atoms with E-state index < -0.39 is 10.0 Å². The molecule has 7 heteroatoms. The highest BCUT2D eigenvalue weighted by molar-refractivity contribution is 9.10. The first-order valence-electron chi connectivity index (χ1n) is 6.45. The van der Waals surface area contributed by atoms with Gasteiger partial charge >= 0.3 is 0 Å². The molecule has 0 radical (unpaired) electrons. The molecule has 2 rings (SSSR count). The van der Waals surface area contributed by atoms with E-state index in [-0.39, 0.29) is 10.7 Å². The number of halogens is 1. The van der Waals surface area contributed by atoms with Crippen molar-refractivity contribution in [1.29, 1.82) is 0 Å². The molecule has 0 amide bonds. The van der Waals surface area contributed by atoms with Crippen LogP contribution in [0.15, 0.2) is 52.0 Å². The summed E-state index contributed by atoms with van der Waals surface area (Å²) in [5, 5.41) is 3.17. The number of sulfonamides is 1. The van der Waals surface area contributed by atoms with Crippen LogP contribution in [-0.2, 0) is 16.6 Å². The highest BCUT2D eigenvalue weighted by Gasteiger charge is 2.15. The smallest absolute Gasteiger partial charge is 0.263 e. The summed E-state index contributed by atoms with van der Waals surface area (Å²) in [4.78, 5) is 4.24. The summed E-state index contributed by atoms with van der Waals surface area (Å²) >= 11 is 3.26. The average molecular weight is 370 g/mol. The number of hydrogen-bond donors (Lipinski definition) is 2. The van der Waals surface area contributed by atoms with Crippen LogP contribution in [0.2, 0.25) is 0 Å². The fourth-order valence-electron chi connectivity index (χ4n) is 1.72. The van der Waals surface area contributed by atoms with Crippen molar-refractivity contribution < 1.29 is 8.42 Å². The lowest BCUT2D eigenvalue weighted by molar-refractivity contribution is 0.600. The summed E-state index contributed by atoms with van der Waals surface area (Å²) < 4.78 is 27.9. The van der Waals surface area contributed by atoms with Gasteiger partial charge in [-0.25, -0.2) is 13.4 Å². The van der Waals surface area contributed by atoms with E-state index in [2.05, 4.69) is 31.0 Å². The number of pyridine rings is 1. The Bertz CT molecular complexity index is 702. The molecule has 0 saturated carbocycles. The molecule has 0 aliphatic rings. The van der Waals surface area contributed by atoms with Crippen LogP contribution >= 0.6 is 15.9 Å². The number of hydrogen-bond acceptors (Lipinski definition) is 4. The number of nitrogens with one attached hydrogen (secondary N) is 2. The van der Waals surface area contributed by atoms with Crippen LogP contribution in [0.1, 0.15) is 12.5 Å². The molecule has 112 valence electrons. The Morgan fingerprint density at radius 3 is 2.71 bits per heavy atom. The molecular weight excluding hydrogens is 354 g/mol. The predicted octanol–water partition coefficient (Wildman–Crippen LogP) is 2.75. The minimum Gasteiger partial charge on any atom is -0.313 e. The number of anilines is 1. The molecule has 5 nitrogen and oxygen atoms in total. The summed E-state index contributed by atoms with van der Waals surface area (Å²) in [5.74, 6) is 0.287. The van der Waals surface area contributed by atoms with Crippen molar-refractivity contribution in [1.82, 2.24) is 10.3 Å². The van der Waals surface area contributed by atoms with Gasteiger partial charge in [0, 0.05) is 17.2 Å². The molecule has 0 unspecified atom stereocenters. The van der Waals surface area contributed by atoms with Gasteiger partial charge in [-0.1, -0.05) is 19.1 Å². The first-order valence-corrected chi connectivity index (χ1v) is 8.73. The molecule has 1 aromatic heterocycles. The fourth-order valence-corrected chi connectivity index (χ4v) is 3.04. The van der Waals surface area contributed by atoms with Gasteiger partial charge in [-0.3, -0.25) is 4.72 Å². The van der Waals surface area contributed by atoms with Crippen LogP contribution in [0.5, 0.6) is 0 Å². The summed E-state index contributed by atoms with van der Waals surface area (Å²) in [7, 11) is -3.63. The number of nitrogens with zero attached hydrogens (tertiary/aromatic N) is 1. The quantitative estimate of drug-likeness (QED) is 0.820. The number of rotatable bonds is 6. The van der Waals surface area contributed by atoms with E-state index in [4.69, 9.17) is 0 Å². The van der Waals surface area contributed by atoms with Crippen molar-refractivity contribution in [2.75, 3.05) is 11.3 Å². The number of aromatic nitrogens is 1. The number of benzene rings is 1. The minimum atomic E-state index is -3.63. The second-order valence-electron chi connectivity index (χ2n) is 4.39. The Hall–Kier alpha value is -1.44. The maximum Gasteiger partial charge on any atom is 0.263 e. The van der Waals surface area contributed by atoms with Crippen LogP contribution in [0, 0.1) is 0 Å². The van der Waals surface area contributed by atoms with Crippen molar-refractivity contribution in [3.8, 4) is 0 Å². The lowest BCUT2D eigenvalue weighted by Crippen LogP contribution is -2.15. The van der Waals surface area contributed by atoms with Gasteiger partial charge < -0.3 is 5.32 Å². The van der Waals surface area contributed by atoms with E-state index in [1.807, 2.05) is 13.0 Å². The van der Waals surface area contributed by atoms with Crippen molar-refractivity contribution in [3.63, 3.8) is 0 Å². The molecule has 0 atom stereocenters. The van der Waals surface area contributed by atoms with Crippen molar-refractivity contribution in [2.45, 2.75) is 18.4 Å². The average Bonchev–Trinajstić information content (AvgIpc) is 2.48. The van der Waals surface area contributed by atoms with Crippen LogP contribution < -0.4 is 10.0 Å². The lowest BCUT2D eigenvalue weighted by atomic mass is 10.2. The van der Waals surface area contributed by atoms with Gasteiger partial charge in [-0.2, -0.15) is 0 Å². The molecule has 2 aromatic rings. The largest absolute Gasteiger partial charge is 0.313 e. The maximum absolute atomic E-state index is 12.3. The van der Waals surface area contributed by atoms with Gasteiger partial charge in [0.15, 0.2) is 0 Å². The Balaban J connectivity index is 2.20. The molecule has 21 heavy (non-hydrogen) atoms. The van der Waals surface area contributed by atoms with Gasteiger partial charge in [0.2, 0.25) is 0 Å². The molecule has 1 aromatic carbocycles. The Morgan fingerprint density at radius 1 is 1.24 bits per heavy atom. The normalized spacial score (nSPS) is 11.3. The monoisotopic (exact) mass is 369 g/mol. The summed E-state index contributed by atoms with van der Waals surface area (Å²) in [6, 6.07) is 10.2. The minimum absolute atomic E-state index is 0.225. The van der Waals surface area contributed by atoms with Crippen LogP contribution in [0.3, 0.4) is 0 Å². The predicted molar refractivity (Wildman–Crippen MR) is 86.6 cm³/mol. The molecule has 0 saturated heterocycles. The molecule has 0 aliphatic heterocycles. The highest BCUT2D eigenvalue weighted by Crippen LogP contribution is 2.17. The van der Waals surface area contributed by atoms with E-state index in [1.165, 1.54) is 0 Å². The summed E-state index contributed by atoms with van der Waals surface area (Å²) in [6.45, 7) is 3.47. The van der Waals surface area contributed by atoms with Crippen molar-refractivity contribution in [2.24, 2.45) is 0 Å². The molecular formula is C14H16BrN3O2S. The van der Waals surface area contributed by atoms with Crippen molar-refractivity contribution in [3.05, 3.63) is 52.6 Å². The van der Waals surface area contributed by atoms with Gasteiger partial charge in [0.05, 0.1) is 4.90 Å². The van der Waals surface area contributed by atoms with E-state index in [9.17, 15) is 8.42 Å². The lowest BCUT2D eigenvalue weighted by Gasteiger charge is -2.09. The third-order valence-corrected chi connectivity index (χ3v) is 4.58. The zero-order chi connectivity index (χ0) is 15.3. The zero-order valence-electron chi connectivity index (χ0n) is 11.5. The van der Waals surface area contributed by atoms with Gasteiger partial charge in [-0.05, 0) is 52.3 Å².